The topological polar surface area (TPSA) is 89.8 Å². The van der Waals surface area contributed by atoms with E-state index in [4.69, 9.17) is 5.11 Å². The molecule has 5 nitrogen and oxygen atoms in total. The van der Waals surface area contributed by atoms with E-state index in [-0.39, 0.29) is 24.5 Å². The number of nitrogens with one attached hydrogen (secondary N) is 1. The average Bonchev–Trinajstić information content (AvgIpc) is 3.18. The van der Waals surface area contributed by atoms with Crippen molar-refractivity contribution in [2.75, 3.05) is 13.2 Å². The van der Waals surface area contributed by atoms with Crippen molar-refractivity contribution < 1.29 is 20.1 Å². The third-order valence-electron chi connectivity index (χ3n) is 6.24. The first-order valence-corrected chi connectivity index (χ1v) is 11.1. The van der Waals surface area contributed by atoms with Crippen molar-refractivity contribution in [3.63, 3.8) is 0 Å². The first-order chi connectivity index (χ1) is 13.5. The van der Waals surface area contributed by atoms with Gasteiger partial charge in [-0.1, -0.05) is 50.0 Å². The maximum atomic E-state index is 11.5. The molecule has 5 atom stereocenters. The summed E-state index contributed by atoms with van der Waals surface area (Å²) in [5, 5.41) is 32.0. The van der Waals surface area contributed by atoms with Crippen LogP contribution in [0.3, 0.4) is 0 Å². The predicted molar refractivity (Wildman–Crippen MR) is 112 cm³/mol. The summed E-state index contributed by atoms with van der Waals surface area (Å²) >= 11 is 0. The lowest BCUT2D eigenvalue weighted by Gasteiger charge is -2.17. The summed E-state index contributed by atoms with van der Waals surface area (Å²) in [7, 11) is 0. The van der Waals surface area contributed by atoms with E-state index in [2.05, 4.69) is 24.4 Å². The zero-order valence-corrected chi connectivity index (χ0v) is 17.4. The Balaban J connectivity index is 1.76. The first-order valence-electron chi connectivity index (χ1n) is 11.1. The number of allylic oxidation sites excluding steroid dienone is 2. The Bertz CT molecular complexity index is 531. The van der Waals surface area contributed by atoms with Gasteiger partial charge in [-0.15, -0.1) is 0 Å². The van der Waals surface area contributed by atoms with Crippen LogP contribution in [0, 0.1) is 17.8 Å². The summed E-state index contributed by atoms with van der Waals surface area (Å²) in [4.78, 5) is 11.5. The second-order valence-electron chi connectivity index (χ2n) is 8.49. The molecule has 5 heteroatoms. The number of rotatable bonds is 12. The summed E-state index contributed by atoms with van der Waals surface area (Å²) in [6, 6.07) is 0. The number of aliphatic hydroxyl groups excluding tert-OH is 3. The smallest absolute Gasteiger partial charge is 0.220 e. The van der Waals surface area contributed by atoms with Gasteiger partial charge in [-0.3, -0.25) is 4.79 Å². The van der Waals surface area contributed by atoms with Crippen molar-refractivity contribution in [2.45, 2.75) is 83.3 Å². The summed E-state index contributed by atoms with van der Waals surface area (Å²) in [5.41, 5.74) is 1.46. The molecule has 0 radical (unpaired) electrons. The van der Waals surface area contributed by atoms with Crippen LogP contribution in [0.4, 0.5) is 0 Å². The standard InChI is InChI=1S/C23H39NO4/c1-2-3-4-8-19(26)10-11-20-21-15-17(14-18(21)16-22(20)27)7-5-6-9-23(28)24-12-13-25/h7,10-11,18-22,25-27H,2-6,8-9,12-16H2,1H3,(H,24,28)/t18-,19-,20+,21-,22+/m0/s1. The van der Waals surface area contributed by atoms with Gasteiger partial charge in [-0.2, -0.15) is 0 Å². The van der Waals surface area contributed by atoms with Crippen LogP contribution in [-0.4, -0.2) is 46.6 Å². The van der Waals surface area contributed by atoms with Gasteiger partial charge in [0.05, 0.1) is 18.8 Å². The second kappa shape index (κ2) is 12.4. The lowest BCUT2D eigenvalue weighted by atomic mass is 9.90. The van der Waals surface area contributed by atoms with Gasteiger partial charge >= 0.3 is 0 Å². The van der Waals surface area contributed by atoms with E-state index in [0.29, 0.717) is 24.8 Å². The van der Waals surface area contributed by atoms with E-state index < -0.39 is 6.10 Å². The van der Waals surface area contributed by atoms with Crippen LogP contribution in [0.15, 0.2) is 23.8 Å². The normalized spacial score (nSPS) is 29.5. The fraction of sp³-hybridized carbons (Fsp3) is 0.783. The van der Waals surface area contributed by atoms with Crippen molar-refractivity contribution in [3.05, 3.63) is 23.8 Å². The minimum atomic E-state index is -0.397. The second-order valence-corrected chi connectivity index (χ2v) is 8.49. The molecule has 0 bridgehead atoms. The fourth-order valence-electron chi connectivity index (χ4n) is 4.75. The number of hydrogen-bond donors (Lipinski definition) is 4. The van der Waals surface area contributed by atoms with Gasteiger partial charge < -0.3 is 20.6 Å². The summed E-state index contributed by atoms with van der Waals surface area (Å²) in [5.74, 6) is 1.18. The summed E-state index contributed by atoms with van der Waals surface area (Å²) in [6.45, 7) is 2.47. The first kappa shape index (κ1) is 23.1. The molecule has 0 heterocycles. The molecule has 2 fully saturated rings. The van der Waals surface area contributed by atoms with Gasteiger partial charge in [0.15, 0.2) is 0 Å². The van der Waals surface area contributed by atoms with Crippen LogP contribution < -0.4 is 5.32 Å². The third-order valence-corrected chi connectivity index (χ3v) is 6.24. The highest BCUT2D eigenvalue weighted by Gasteiger charge is 2.44. The van der Waals surface area contributed by atoms with Crippen LogP contribution >= 0.6 is 0 Å². The number of hydrogen-bond acceptors (Lipinski definition) is 4. The molecule has 28 heavy (non-hydrogen) atoms. The van der Waals surface area contributed by atoms with Gasteiger partial charge in [-0.05, 0) is 50.4 Å². The van der Waals surface area contributed by atoms with Gasteiger partial charge in [0.25, 0.3) is 0 Å². The molecule has 0 aromatic carbocycles. The maximum absolute atomic E-state index is 11.5. The van der Waals surface area contributed by atoms with Crippen LogP contribution in [0.1, 0.15) is 71.1 Å². The van der Waals surface area contributed by atoms with Crippen molar-refractivity contribution >= 4 is 5.91 Å². The molecular formula is C23H39NO4. The lowest BCUT2D eigenvalue weighted by Crippen LogP contribution is -2.25. The molecule has 160 valence electrons. The van der Waals surface area contributed by atoms with Crippen molar-refractivity contribution in [1.29, 1.82) is 0 Å². The van der Waals surface area contributed by atoms with Crippen LogP contribution in [0.5, 0.6) is 0 Å². The largest absolute Gasteiger partial charge is 0.395 e. The number of amides is 1. The number of carbonyl (C=O) groups excluding carboxylic acids is 1. The number of fused-ring (bicyclic) bond motifs is 1. The van der Waals surface area contributed by atoms with Gasteiger partial charge in [0, 0.05) is 18.9 Å². The molecular weight excluding hydrogens is 354 g/mol. The van der Waals surface area contributed by atoms with Crippen molar-refractivity contribution in [3.8, 4) is 0 Å². The Morgan fingerprint density at radius 1 is 1.29 bits per heavy atom. The van der Waals surface area contributed by atoms with Crippen molar-refractivity contribution in [2.24, 2.45) is 17.8 Å². The SMILES string of the molecule is CCCCC[C@H](O)C=C[C@@H]1[C@H]2CC(=CCCCC(=O)NCCO)C[C@H]2C[C@H]1O. The van der Waals surface area contributed by atoms with E-state index in [0.717, 1.165) is 57.8 Å². The Morgan fingerprint density at radius 3 is 2.86 bits per heavy atom. The van der Waals surface area contributed by atoms with Gasteiger partial charge in [0.2, 0.25) is 5.91 Å². The number of aliphatic hydroxyl groups is 3. The average molecular weight is 394 g/mol. The molecule has 2 aliphatic rings. The van der Waals surface area contributed by atoms with E-state index in [1.54, 1.807) is 0 Å². The molecule has 2 aliphatic carbocycles. The lowest BCUT2D eigenvalue weighted by molar-refractivity contribution is -0.121. The van der Waals surface area contributed by atoms with E-state index in [9.17, 15) is 15.0 Å². The number of carbonyl (C=O) groups is 1. The molecule has 2 saturated carbocycles. The molecule has 0 aliphatic heterocycles. The molecule has 0 aromatic heterocycles. The molecule has 4 N–H and O–H groups in total. The van der Waals surface area contributed by atoms with Gasteiger partial charge in [-0.25, -0.2) is 0 Å². The van der Waals surface area contributed by atoms with E-state index >= 15 is 0 Å². The number of unbranched alkanes of at least 4 members (excludes halogenated alkanes) is 3. The fourth-order valence-corrected chi connectivity index (χ4v) is 4.75. The van der Waals surface area contributed by atoms with Crippen molar-refractivity contribution in [1.82, 2.24) is 5.32 Å². The Morgan fingerprint density at radius 2 is 2.11 bits per heavy atom. The highest BCUT2D eigenvalue weighted by atomic mass is 16.3. The highest BCUT2D eigenvalue weighted by molar-refractivity contribution is 5.75. The third kappa shape index (κ3) is 7.34. The molecule has 0 saturated heterocycles. The monoisotopic (exact) mass is 393 g/mol. The molecule has 1 amide bonds. The maximum Gasteiger partial charge on any atom is 0.220 e. The summed E-state index contributed by atoms with van der Waals surface area (Å²) in [6.07, 6.45) is 14.9. The van der Waals surface area contributed by atoms with E-state index in [1.807, 2.05) is 6.08 Å². The predicted octanol–water partition coefficient (Wildman–Crippen LogP) is 3.10. The molecule has 0 spiro atoms. The minimum Gasteiger partial charge on any atom is -0.395 e. The summed E-state index contributed by atoms with van der Waals surface area (Å²) < 4.78 is 0. The molecule has 2 rings (SSSR count). The quantitative estimate of drug-likeness (QED) is 0.303. The molecule has 0 unspecified atom stereocenters. The van der Waals surface area contributed by atoms with Crippen LogP contribution in [0.2, 0.25) is 0 Å². The van der Waals surface area contributed by atoms with Crippen LogP contribution in [0.25, 0.3) is 0 Å². The van der Waals surface area contributed by atoms with E-state index in [1.165, 1.54) is 5.57 Å². The molecule has 0 aromatic rings. The van der Waals surface area contributed by atoms with Crippen LogP contribution in [-0.2, 0) is 4.79 Å². The highest BCUT2D eigenvalue weighted by Crippen LogP contribution is 2.50. The minimum absolute atomic E-state index is 0.00144. The van der Waals surface area contributed by atoms with Gasteiger partial charge in [0.1, 0.15) is 0 Å². The zero-order chi connectivity index (χ0) is 20.4. The Kier molecular flexibility index (Phi) is 10.2. The Hall–Kier alpha value is -1.17. The Labute approximate surface area is 169 Å². The zero-order valence-electron chi connectivity index (χ0n) is 17.4.